The first-order valence-electron chi connectivity index (χ1n) is 8.14. The van der Waals surface area contributed by atoms with Crippen molar-refractivity contribution in [2.24, 2.45) is 5.10 Å². The molecule has 0 N–H and O–H groups in total. The molecule has 124 valence electrons. The molecule has 0 saturated carbocycles. The van der Waals surface area contributed by atoms with Gasteiger partial charge < -0.3 is 0 Å². The van der Waals surface area contributed by atoms with Gasteiger partial charge in [-0.2, -0.15) is 5.10 Å². The van der Waals surface area contributed by atoms with Crippen LogP contribution in [0.5, 0.6) is 0 Å². The quantitative estimate of drug-likeness (QED) is 0.483. The van der Waals surface area contributed by atoms with E-state index in [1.165, 1.54) is 11.1 Å². The first-order valence-corrected chi connectivity index (χ1v) is 9.31. The van der Waals surface area contributed by atoms with Gasteiger partial charge in [-0.05, 0) is 47.5 Å². The van der Waals surface area contributed by atoms with Crippen molar-refractivity contribution in [3.8, 4) is 0 Å². The molecule has 0 amide bonds. The van der Waals surface area contributed by atoms with Crippen LogP contribution in [0.4, 0.5) is 5.69 Å². The van der Waals surface area contributed by atoms with Crippen LogP contribution in [0.3, 0.4) is 0 Å². The third kappa shape index (κ3) is 3.48. The summed E-state index contributed by atoms with van der Waals surface area (Å²) >= 11 is 9.57. The highest BCUT2D eigenvalue weighted by Crippen LogP contribution is 2.37. The Labute approximate surface area is 160 Å². The zero-order chi connectivity index (χ0) is 17.2. The largest absolute Gasteiger partial charge is 0.257 e. The third-order valence-corrected chi connectivity index (χ3v) is 5.14. The van der Waals surface area contributed by atoms with Crippen LogP contribution in [-0.4, -0.2) is 5.71 Å². The fourth-order valence-corrected chi connectivity index (χ4v) is 3.48. The van der Waals surface area contributed by atoms with Crippen LogP contribution in [0.15, 0.2) is 88.4 Å². The van der Waals surface area contributed by atoms with Gasteiger partial charge in [0, 0.05) is 15.9 Å². The second-order valence-corrected chi connectivity index (χ2v) is 7.36. The molecule has 0 radical (unpaired) electrons. The fourth-order valence-electron chi connectivity index (χ4n) is 3.09. The molecule has 0 saturated heterocycles. The molecule has 1 aliphatic heterocycles. The van der Waals surface area contributed by atoms with Crippen LogP contribution in [-0.2, 0) is 0 Å². The summed E-state index contributed by atoms with van der Waals surface area (Å²) in [4.78, 5) is 0. The van der Waals surface area contributed by atoms with Crippen LogP contribution < -0.4 is 5.01 Å². The maximum Gasteiger partial charge on any atom is 0.0831 e. The smallest absolute Gasteiger partial charge is 0.0831 e. The van der Waals surface area contributed by atoms with Crippen molar-refractivity contribution < 1.29 is 0 Å². The molecule has 0 fully saturated rings. The summed E-state index contributed by atoms with van der Waals surface area (Å²) in [5, 5.41) is 7.76. The lowest BCUT2D eigenvalue weighted by Gasteiger charge is -2.24. The normalized spacial score (nSPS) is 16.8. The molecule has 0 aromatic heterocycles. The predicted molar refractivity (Wildman–Crippen MR) is 108 cm³/mol. The van der Waals surface area contributed by atoms with Gasteiger partial charge in [0.05, 0.1) is 17.4 Å². The van der Waals surface area contributed by atoms with E-state index in [-0.39, 0.29) is 6.04 Å². The van der Waals surface area contributed by atoms with Crippen LogP contribution in [0.25, 0.3) is 0 Å². The highest BCUT2D eigenvalue weighted by molar-refractivity contribution is 9.10. The topological polar surface area (TPSA) is 15.6 Å². The molecule has 1 unspecified atom stereocenters. The van der Waals surface area contributed by atoms with Gasteiger partial charge in [0.2, 0.25) is 0 Å². The van der Waals surface area contributed by atoms with Crippen LogP contribution in [0, 0.1) is 0 Å². The van der Waals surface area contributed by atoms with E-state index < -0.39 is 0 Å². The van der Waals surface area contributed by atoms with E-state index in [1.54, 1.807) is 0 Å². The van der Waals surface area contributed by atoms with Crippen molar-refractivity contribution >= 4 is 38.9 Å². The van der Waals surface area contributed by atoms with Gasteiger partial charge in [0.1, 0.15) is 0 Å². The Bertz CT molecular complexity index is 889. The van der Waals surface area contributed by atoms with Crippen molar-refractivity contribution in [2.75, 3.05) is 5.01 Å². The maximum absolute atomic E-state index is 6.05. The lowest BCUT2D eigenvalue weighted by atomic mass is 9.98. The lowest BCUT2D eigenvalue weighted by molar-refractivity contribution is 0.709. The van der Waals surface area contributed by atoms with Gasteiger partial charge in [-0.1, -0.05) is 70.0 Å². The summed E-state index contributed by atoms with van der Waals surface area (Å²) in [5.74, 6) is 0. The minimum Gasteiger partial charge on any atom is -0.257 e. The third-order valence-electron chi connectivity index (χ3n) is 4.36. The number of nitrogens with zero attached hydrogens (tertiary/aromatic N) is 2. The number of benzene rings is 3. The van der Waals surface area contributed by atoms with E-state index in [0.717, 1.165) is 27.3 Å². The summed E-state index contributed by atoms with van der Waals surface area (Å²) in [6.07, 6.45) is 0.869. The molecule has 0 aliphatic carbocycles. The zero-order valence-corrected chi connectivity index (χ0v) is 15.8. The van der Waals surface area contributed by atoms with Crippen LogP contribution >= 0.6 is 27.5 Å². The second kappa shape index (κ2) is 7.03. The predicted octanol–water partition coefficient (Wildman–Crippen LogP) is 6.46. The molecule has 3 aromatic carbocycles. The standard InChI is InChI=1S/C21H16BrClN2/c22-17-8-6-16(7-9-17)21-14-20(15-4-2-1-3-5-15)24-25(21)19-12-10-18(23)11-13-19/h1-13,21H,14H2. The van der Waals surface area contributed by atoms with Crippen molar-refractivity contribution in [1.29, 1.82) is 0 Å². The van der Waals surface area contributed by atoms with Crippen molar-refractivity contribution in [3.05, 3.63) is 99.5 Å². The minimum atomic E-state index is 0.171. The van der Waals surface area contributed by atoms with Gasteiger partial charge >= 0.3 is 0 Å². The van der Waals surface area contributed by atoms with Crippen molar-refractivity contribution in [2.45, 2.75) is 12.5 Å². The molecule has 0 spiro atoms. The van der Waals surface area contributed by atoms with Crippen molar-refractivity contribution in [1.82, 2.24) is 0 Å². The van der Waals surface area contributed by atoms with E-state index in [9.17, 15) is 0 Å². The molecule has 1 heterocycles. The van der Waals surface area contributed by atoms with Gasteiger partial charge in [0.15, 0.2) is 0 Å². The second-order valence-electron chi connectivity index (χ2n) is 6.01. The molecule has 4 heteroatoms. The first-order chi connectivity index (χ1) is 12.2. The average molecular weight is 412 g/mol. The van der Waals surface area contributed by atoms with Crippen LogP contribution in [0.2, 0.25) is 5.02 Å². The molecule has 0 bridgehead atoms. The number of hydrogen-bond acceptors (Lipinski definition) is 2. The Hall–Kier alpha value is -2.10. The minimum absolute atomic E-state index is 0.171. The lowest BCUT2D eigenvalue weighted by Crippen LogP contribution is -2.18. The number of rotatable bonds is 3. The molecule has 2 nitrogen and oxygen atoms in total. The van der Waals surface area contributed by atoms with Gasteiger partial charge in [-0.25, -0.2) is 0 Å². The van der Waals surface area contributed by atoms with Gasteiger partial charge in [-0.3, -0.25) is 5.01 Å². The molecular formula is C21H16BrClN2. The number of anilines is 1. The van der Waals surface area contributed by atoms with Crippen LogP contribution in [0.1, 0.15) is 23.6 Å². The Balaban J connectivity index is 1.74. The molecule has 25 heavy (non-hydrogen) atoms. The maximum atomic E-state index is 6.05. The molecule has 1 atom stereocenters. The SMILES string of the molecule is Clc1ccc(N2N=C(c3ccccc3)CC2c2ccc(Br)cc2)cc1. The summed E-state index contributed by atoms with van der Waals surface area (Å²) in [6, 6.07) is 26.9. The molecule has 4 rings (SSSR count). The highest BCUT2D eigenvalue weighted by atomic mass is 79.9. The number of hydrogen-bond donors (Lipinski definition) is 0. The Morgan fingerprint density at radius 1 is 0.880 bits per heavy atom. The Kier molecular flexibility index (Phi) is 4.60. The first kappa shape index (κ1) is 16.4. The zero-order valence-electron chi connectivity index (χ0n) is 13.4. The van der Waals surface area contributed by atoms with Crippen molar-refractivity contribution in [3.63, 3.8) is 0 Å². The van der Waals surface area contributed by atoms with E-state index in [1.807, 2.05) is 30.3 Å². The molecule has 1 aliphatic rings. The number of halogens is 2. The number of hydrazone groups is 1. The van der Waals surface area contributed by atoms with E-state index in [0.29, 0.717) is 0 Å². The fraction of sp³-hybridized carbons (Fsp3) is 0.0952. The van der Waals surface area contributed by atoms with E-state index >= 15 is 0 Å². The molecule has 3 aromatic rings. The van der Waals surface area contributed by atoms with E-state index in [2.05, 4.69) is 69.5 Å². The summed E-state index contributed by atoms with van der Waals surface area (Å²) in [7, 11) is 0. The van der Waals surface area contributed by atoms with Gasteiger partial charge in [-0.15, -0.1) is 0 Å². The van der Waals surface area contributed by atoms with E-state index in [4.69, 9.17) is 16.7 Å². The summed E-state index contributed by atoms with van der Waals surface area (Å²) in [6.45, 7) is 0. The monoisotopic (exact) mass is 410 g/mol. The summed E-state index contributed by atoms with van der Waals surface area (Å²) < 4.78 is 1.08. The Morgan fingerprint density at radius 2 is 1.56 bits per heavy atom. The Morgan fingerprint density at radius 3 is 2.24 bits per heavy atom. The highest BCUT2D eigenvalue weighted by Gasteiger charge is 2.29. The van der Waals surface area contributed by atoms with Gasteiger partial charge in [0.25, 0.3) is 0 Å². The summed E-state index contributed by atoms with van der Waals surface area (Å²) in [5.41, 5.74) is 4.56. The molecular weight excluding hydrogens is 396 g/mol. The average Bonchev–Trinajstić information content (AvgIpc) is 3.09.